The molecule has 4 heteroatoms. The largest absolute Gasteiger partial charge is 0.506 e. The number of methoxy groups -OCH3 is 1. The van der Waals surface area contributed by atoms with E-state index in [9.17, 15) is 10.2 Å². The predicted molar refractivity (Wildman–Crippen MR) is 60.2 cm³/mol. The van der Waals surface area contributed by atoms with Crippen LogP contribution in [0.1, 0.15) is 24.0 Å². The second-order valence-electron chi connectivity index (χ2n) is 3.97. The number of aryl methyl sites for hydroxylation is 1. The molecule has 1 aliphatic rings. The van der Waals surface area contributed by atoms with Crippen molar-refractivity contribution in [3.63, 3.8) is 0 Å². The quantitative estimate of drug-likeness (QED) is 0.870. The maximum Gasteiger partial charge on any atom is 0.139 e. The van der Waals surface area contributed by atoms with E-state index >= 15 is 0 Å². The molecular weight excluding hydrogens is 260 g/mol. The van der Waals surface area contributed by atoms with Crippen LogP contribution in [0, 0.1) is 6.92 Å². The molecule has 0 amide bonds. The molecule has 0 spiro atoms. The van der Waals surface area contributed by atoms with Crippen molar-refractivity contribution in [2.24, 2.45) is 0 Å². The minimum atomic E-state index is -0.830. The number of phenols is 1. The standard InChI is InChI=1S/C11H13BrO3/c1-6-5-7(11(14)3-4-11)9(13)8(12)10(6)15-2/h5,13-14H,3-4H2,1-2H3. The molecule has 0 aromatic heterocycles. The van der Waals surface area contributed by atoms with Crippen LogP contribution < -0.4 is 4.74 Å². The number of aromatic hydroxyl groups is 1. The zero-order valence-corrected chi connectivity index (χ0v) is 10.3. The molecule has 0 heterocycles. The van der Waals surface area contributed by atoms with Crippen LogP contribution >= 0.6 is 15.9 Å². The minimum Gasteiger partial charge on any atom is -0.506 e. The van der Waals surface area contributed by atoms with Gasteiger partial charge in [-0.15, -0.1) is 0 Å². The Bertz CT molecular complexity index is 411. The average Bonchev–Trinajstić information content (AvgIpc) is 2.92. The third-order valence-electron chi connectivity index (χ3n) is 2.81. The summed E-state index contributed by atoms with van der Waals surface area (Å²) in [6, 6.07) is 1.78. The van der Waals surface area contributed by atoms with Crippen molar-refractivity contribution in [2.45, 2.75) is 25.4 Å². The van der Waals surface area contributed by atoms with Gasteiger partial charge in [0.05, 0.1) is 12.7 Å². The first-order chi connectivity index (χ1) is 6.99. The molecular formula is C11H13BrO3. The number of ether oxygens (including phenoxy) is 1. The molecule has 1 aliphatic carbocycles. The number of benzene rings is 1. The Morgan fingerprint density at radius 3 is 2.53 bits per heavy atom. The molecule has 1 aromatic carbocycles. The van der Waals surface area contributed by atoms with E-state index in [0.717, 1.165) is 5.56 Å². The van der Waals surface area contributed by atoms with Gasteiger partial charge in [-0.25, -0.2) is 0 Å². The molecule has 3 nitrogen and oxygen atoms in total. The number of aliphatic hydroxyl groups is 1. The van der Waals surface area contributed by atoms with Crippen LogP contribution in [0.4, 0.5) is 0 Å². The lowest BCUT2D eigenvalue weighted by Crippen LogP contribution is -2.06. The summed E-state index contributed by atoms with van der Waals surface area (Å²) in [5, 5.41) is 19.9. The van der Waals surface area contributed by atoms with E-state index < -0.39 is 5.60 Å². The van der Waals surface area contributed by atoms with Crippen LogP contribution in [0.2, 0.25) is 0 Å². The molecule has 0 unspecified atom stereocenters. The van der Waals surface area contributed by atoms with Gasteiger partial charge in [-0.2, -0.15) is 0 Å². The molecule has 0 atom stereocenters. The fourth-order valence-corrected chi connectivity index (χ4v) is 2.43. The average molecular weight is 273 g/mol. The lowest BCUT2D eigenvalue weighted by atomic mass is 10.0. The van der Waals surface area contributed by atoms with Crippen molar-refractivity contribution < 1.29 is 14.9 Å². The molecule has 0 aliphatic heterocycles. The Morgan fingerprint density at radius 2 is 2.07 bits per heavy atom. The summed E-state index contributed by atoms with van der Waals surface area (Å²) < 4.78 is 5.67. The molecule has 0 radical (unpaired) electrons. The Morgan fingerprint density at radius 1 is 1.47 bits per heavy atom. The summed E-state index contributed by atoms with van der Waals surface area (Å²) in [4.78, 5) is 0. The van der Waals surface area contributed by atoms with Crippen LogP contribution in [-0.2, 0) is 5.60 Å². The van der Waals surface area contributed by atoms with Gasteiger partial charge in [-0.3, -0.25) is 0 Å². The normalized spacial score (nSPS) is 17.6. The topological polar surface area (TPSA) is 49.7 Å². The molecule has 0 bridgehead atoms. The summed E-state index contributed by atoms with van der Waals surface area (Å²) in [6.07, 6.45) is 1.41. The summed E-state index contributed by atoms with van der Waals surface area (Å²) >= 11 is 3.28. The predicted octanol–water partition coefficient (Wildman–Crippen LogP) is 2.45. The number of hydrogen-bond donors (Lipinski definition) is 2. The van der Waals surface area contributed by atoms with Crippen molar-refractivity contribution in [3.8, 4) is 11.5 Å². The molecule has 2 N–H and O–H groups in total. The van der Waals surface area contributed by atoms with E-state index in [1.54, 1.807) is 13.2 Å². The molecule has 1 saturated carbocycles. The number of rotatable bonds is 2. The maximum atomic E-state index is 9.97. The van der Waals surface area contributed by atoms with Crippen LogP contribution in [0.3, 0.4) is 0 Å². The highest BCUT2D eigenvalue weighted by molar-refractivity contribution is 9.10. The first kappa shape index (κ1) is 10.8. The highest BCUT2D eigenvalue weighted by atomic mass is 79.9. The van der Waals surface area contributed by atoms with Gasteiger partial charge in [0, 0.05) is 5.56 Å². The Labute approximate surface area is 96.8 Å². The number of phenolic OH excluding ortho intramolecular Hbond substituents is 1. The maximum absolute atomic E-state index is 9.97. The smallest absolute Gasteiger partial charge is 0.139 e. The van der Waals surface area contributed by atoms with Crippen LogP contribution in [0.15, 0.2) is 10.5 Å². The Balaban J connectivity index is 2.59. The Hall–Kier alpha value is -0.740. The van der Waals surface area contributed by atoms with E-state index in [-0.39, 0.29) is 5.75 Å². The van der Waals surface area contributed by atoms with Gasteiger partial charge >= 0.3 is 0 Å². The third-order valence-corrected chi connectivity index (χ3v) is 3.55. The summed E-state index contributed by atoms with van der Waals surface area (Å²) in [5.41, 5.74) is 0.661. The minimum absolute atomic E-state index is 0.0810. The highest BCUT2D eigenvalue weighted by Crippen LogP contribution is 2.52. The van der Waals surface area contributed by atoms with Crippen LogP contribution in [-0.4, -0.2) is 17.3 Å². The van der Waals surface area contributed by atoms with Crippen molar-refractivity contribution in [1.82, 2.24) is 0 Å². The highest BCUT2D eigenvalue weighted by Gasteiger charge is 2.45. The van der Waals surface area contributed by atoms with Crippen molar-refractivity contribution in [2.75, 3.05) is 7.11 Å². The molecule has 0 saturated heterocycles. The van der Waals surface area contributed by atoms with Crippen molar-refractivity contribution in [3.05, 3.63) is 21.7 Å². The van der Waals surface area contributed by atoms with Gasteiger partial charge in [0.2, 0.25) is 0 Å². The Kier molecular flexibility index (Phi) is 2.43. The molecule has 1 aromatic rings. The van der Waals surface area contributed by atoms with Crippen molar-refractivity contribution in [1.29, 1.82) is 0 Å². The molecule has 82 valence electrons. The summed E-state index contributed by atoms with van der Waals surface area (Å²) in [7, 11) is 1.55. The summed E-state index contributed by atoms with van der Waals surface area (Å²) in [5.74, 6) is 0.693. The molecule has 1 fully saturated rings. The van der Waals surface area contributed by atoms with Gasteiger partial charge in [0.25, 0.3) is 0 Å². The summed E-state index contributed by atoms with van der Waals surface area (Å²) in [6.45, 7) is 1.89. The van der Waals surface area contributed by atoms with Gasteiger partial charge in [0.15, 0.2) is 0 Å². The second-order valence-corrected chi connectivity index (χ2v) is 4.76. The fourth-order valence-electron chi connectivity index (χ4n) is 1.74. The fraction of sp³-hybridized carbons (Fsp3) is 0.455. The van der Waals surface area contributed by atoms with E-state index in [0.29, 0.717) is 28.6 Å². The van der Waals surface area contributed by atoms with Gasteiger partial charge in [0.1, 0.15) is 16.0 Å². The third kappa shape index (κ3) is 1.62. The number of halogens is 1. The van der Waals surface area contributed by atoms with Crippen molar-refractivity contribution >= 4 is 15.9 Å². The molecule has 15 heavy (non-hydrogen) atoms. The van der Waals surface area contributed by atoms with E-state index in [1.165, 1.54) is 0 Å². The van der Waals surface area contributed by atoms with Crippen LogP contribution in [0.5, 0.6) is 11.5 Å². The van der Waals surface area contributed by atoms with Crippen LogP contribution in [0.25, 0.3) is 0 Å². The zero-order valence-electron chi connectivity index (χ0n) is 8.67. The monoisotopic (exact) mass is 272 g/mol. The van der Waals surface area contributed by atoms with E-state index in [1.807, 2.05) is 6.92 Å². The van der Waals surface area contributed by atoms with Gasteiger partial charge < -0.3 is 14.9 Å². The van der Waals surface area contributed by atoms with Gasteiger partial charge in [-0.05, 0) is 47.3 Å². The van der Waals surface area contributed by atoms with E-state index in [2.05, 4.69) is 15.9 Å². The molecule has 2 rings (SSSR count). The zero-order chi connectivity index (χ0) is 11.2. The van der Waals surface area contributed by atoms with E-state index in [4.69, 9.17) is 4.74 Å². The second kappa shape index (κ2) is 3.39. The SMILES string of the molecule is COc1c(C)cc(C2(O)CC2)c(O)c1Br. The van der Waals surface area contributed by atoms with Gasteiger partial charge in [-0.1, -0.05) is 0 Å². The number of hydrogen-bond acceptors (Lipinski definition) is 3. The first-order valence-electron chi connectivity index (χ1n) is 4.78. The lowest BCUT2D eigenvalue weighted by molar-refractivity contribution is 0.147. The lowest BCUT2D eigenvalue weighted by Gasteiger charge is -2.16. The first-order valence-corrected chi connectivity index (χ1v) is 5.58.